The molecule has 0 spiro atoms. The van der Waals surface area contributed by atoms with Crippen molar-refractivity contribution in [2.24, 2.45) is 5.16 Å². The molecule has 0 unspecified atom stereocenters. The van der Waals surface area contributed by atoms with Gasteiger partial charge in [0, 0.05) is 23.7 Å². The average molecular weight is 394 g/mol. The third-order valence-electron chi connectivity index (χ3n) is 3.86. The molecule has 0 amide bonds. The summed E-state index contributed by atoms with van der Waals surface area (Å²) in [4.78, 5) is 20.8. The molecule has 0 aliphatic carbocycles. The first-order valence-corrected chi connectivity index (χ1v) is 9.22. The molecular formula is C19H14N4O4S. The maximum absolute atomic E-state index is 12.0. The van der Waals surface area contributed by atoms with Gasteiger partial charge in [0.2, 0.25) is 5.89 Å². The highest BCUT2D eigenvalue weighted by atomic mass is 32.2. The second kappa shape index (κ2) is 8.05. The van der Waals surface area contributed by atoms with Crippen molar-refractivity contribution in [3.8, 4) is 17.2 Å². The molecule has 3 heterocycles. The first kappa shape index (κ1) is 17.9. The van der Waals surface area contributed by atoms with Crippen LogP contribution in [0.25, 0.3) is 17.5 Å². The summed E-state index contributed by atoms with van der Waals surface area (Å²) in [6.07, 6.45) is 5.03. The average Bonchev–Trinajstić information content (AvgIpc) is 3.35. The molecule has 0 saturated carbocycles. The van der Waals surface area contributed by atoms with Gasteiger partial charge in [0.1, 0.15) is 11.5 Å². The lowest BCUT2D eigenvalue weighted by molar-refractivity contribution is -0.136. The van der Waals surface area contributed by atoms with Crippen LogP contribution in [0.3, 0.4) is 0 Å². The molecule has 2 aromatic heterocycles. The standard InChI is InChI=1S/C19H14N4O4S/c1-25-14-4-2-12(3-5-14)10-15-16(23-27-18(15)24)11-28-19-22-21-17(26-19)13-6-8-20-9-7-13/h2-10H,11H2,1H3. The molecule has 3 aromatic rings. The summed E-state index contributed by atoms with van der Waals surface area (Å²) in [5, 5.41) is 12.3. The summed E-state index contributed by atoms with van der Waals surface area (Å²) in [5.41, 5.74) is 2.53. The zero-order chi connectivity index (χ0) is 19.3. The van der Waals surface area contributed by atoms with Crippen molar-refractivity contribution in [2.45, 2.75) is 5.22 Å². The molecule has 0 fully saturated rings. The number of aromatic nitrogens is 3. The zero-order valence-electron chi connectivity index (χ0n) is 14.7. The van der Waals surface area contributed by atoms with Crippen LogP contribution in [0.15, 0.2) is 69.2 Å². The molecule has 28 heavy (non-hydrogen) atoms. The fourth-order valence-corrected chi connectivity index (χ4v) is 3.14. The predicted molar refractivity (Wildman–Crippen MR) is 103 cm³/mol. The number of carbonyl (C=O) groups is 1. The van der Waals surface area contributed by atoms with Gasteiger partial charge in [-0.3, -0.25) is 4.98 Å². The zero-order valence-corrected chi connectivity index (χ0v) is 15.5. The molecular weight excluding hydrogens is 380 g/mol. The Hall–Kier alpha value is -3.46. The lowest BCUT2D eigenvalue weighted by atomic mass is 10.1. The Morgan fingerprint density at radius 1 is 1.11 bits per heavy atom. The quantitative estimate of drug-likeness (QED) is 0.357. The van der Waals surface area contributed by atoms with Crippen molar-refractivity contribution in [3.05, 3.63) is 59.9 Å². The van der Waals surface area contributed by atoms with Crippen LogP contribution < -0.4 is 4.74 Å². The van der Waals surface area contributed by atoms with E-state index < -0.39 is 5.97 Å². The Bertz CT molecular complexity index is 1050. The number of rotatable bonds is 6. The van der Waals surface area contributed by atoms with Gasteiger partial charge < -0.3 is 14.0 Å². The van der Waals surface area contributed by atoms with Crippen LogP contribution in [-0.4, -0.2) is 39.7 Å². The van der Waals surface area contributed by atoms with E-state index in [9.17, 15) is 4.79 Å². The van der Waals surface area contributed by atoms with E-state index in [1.165, 1.54) is 11.8 Å². The number of benzene rings is 1. The second-order valence-electron chi connectivity index (χ2n) is 5.65. The third kappa shape index (κ3) is 3.94. The van der Waals surface area contributed by atoms with Gasteiger partial charge in [-0.15, -0.1) is 10.2 Å². The van der Waals surface area contributed by atoms with Crippen molar-refractivity contribution in [1.29, 1.82) is 0 Å². The van der Waals surface area contributed by atoms with Gasteiger partial charge in [0.05, 0.1) is 12.7 Å². The Balaban J connectivity index is 1.46. The van der Waals surface area contributed by atoms with Gasteiger partial charge in [0.15, 0.2) is 0 Å². The summed E-state index contributed by atoms with van der Waals surface area (Å²) in [6, 6.07) is 10.9. The maximum Gasteiger partial charge on any atom is 0.367 e. The minimum absolute atomic E-state index is 0.353. The Kier molecular flexibility index (Phi) is 5.16. The lowest BCUT2D eigenvalue weighted by Crippen LogP contribution is -2.07. The number of carbonyl (C=O) groups excluding carboxylic acids is 1. The fourth-order valence-electron chi connectivity index (χ4n) is 2.44. The molecule has 0 N–H and O–H groups in total. The van der Waals surface area contributed by atoms with Gasteiger partial charge in [-0.2, -0.15) is 0 Å². The Morgan fingerprint density at radius 3 is 2.64 bits per heavy atom. The number of thioether (sulfide) groups is 1. The third-order valence-corrected chi connectivity index (χ3v) is 4.69. The van der Waals surface area contributed by atoms with Crippen LogP contribution in [0.4, 0.5) is 0 Å². The molecule has 0 atom stereocenters. The van der Waals surface area contributed by atoms with Gasteiger partial charge >= 0.3 is 5.97 Å². The molecule has 0 radical (unpaired) electrons. The van der Waals surface area contributed by atoms with E-state index in [4.69, 9.17) is 14.0 Å². The first-order chi connectivity index (χ1) is 13.7. The van der Waals surface area contributed by atoms with Gasteiger partial charge in [-0.05, 0) is 35.9 Å². The van der Waals surface area contributed by atoms with Crippen LogP contribution in [-0.2, 0) is 9.63 Å². The van der Waals surface area contributed by atoms with E-state index in [1.54, 1.807) is 37.7 Å². The molecule has 1 aliphatic heterocycles. The summed E-state index contributed by atoms with van der Waals surface area (Å²) in [7, 11) is 1.60. The van der Waals surface area contributed by atoms with Gasteiger partial charge in [0.25, 0.3) is 5.22 Å². The smallest absolute Gasteiger partial charge is 0.367 e. The predicted octanol–water partition coefficient (Wildman–Crippen LogP) is 3.23. The Labute approximate surface area is 164 Å². The van der Waals surface area contributed by atoms with Crippen LogP contribution in [0.2, 0.25) is 0 Å². The van der Waals surface area contributed by atoms with Crippen LogP contribution in [0.5, 0.6) is 5.75 Å². The van der Waals surface area contributed by atoms with Crippen molar-refractivity contribution < 1.29 is 18.8 Å². The van der Waals surface area contributed by atoms with Gasteiger partial charge in [-0.1, -0.05) is 29.1 Å². The van der Waals surface area contributed by atoms with Crippen molar-refractivity contribution >= 4 is 29.5 Å². The van der Waals surface area contributed by atoms with Gasteiger partial charge in [-0.25, -0.2) is 4.79 Å². The van der Waals surface area contributed by atoms with Crippen molar-refractivity contribution in [2.75, 3.05) is 12.9 Å². The van der Waals surface area contributed by atoms with E-state index >= 15 is 0 Å². The minimum atomic E-state index is -0.491. The number of hydrogen-bond donors (Lipinski definition) is 0. The second-order valence-corrected chi connectivity index (χ2v) is 6.57. The summed E-state index contributed by atoms with van der Waals surface area (Å²) in [5.74, 6) is 1.00. The molecule has 1 aliphatic rings. The molecule has 4 rings (SSSR count). The van der Waals surface area contributed by atoms with Crippen LogP contribution in [0.1, 0.15) is 5.56 Å². The molecule has 0 saturated heterocycles. The largest absolute Gasteiger partial charge is 0.497 e. The van der Waals surface area contributed by atoms with E-state index in [0.717, 1.165) is 16.9 Å². The minimum Gasteiger partial charge on any atom is -0.497 e. The number of oxime groups is 1. The maximum atomic E-state index is 12.0. The monoisotopic (exact) mass is 394 g/mol. The van der Waals surface area contributed by atoms with Crippen molar-refractivity contribution in [1.82, 2.24) is 15.2 Å². The van der Waals surface area contributed by atoms with Crippen LogP contribution >= 0.6 is 11.8 Å². The number of methoxy groups -OCH3 is 1. The number of ether oxygens (including phenoxy) is 1. The fraction of sp³-hybridized carbons (Fsp3) is 0.105. The summed E-state index contributed by atoms with van der Waals surface area (Å²) in [6.45, 7) is 0. The SMILES string of the molecule is COc1ccc(C=C2C(=O)ON=C2CSc2nnc(-c3ccncc3)o2)cc1. The van der Waals surface area contributed by atoms with E-state index in [0.29, 0.717) is 28.2 Å². The Morgan fingerprint density at radius 2 is 1.89 bits per heavy atom. The van der Waals surface area contributed by atoms with E-state index in [1.807, 2.05) is 24.3 Å². The molecule has 0 bridgehead atoms. The normalized spacial score (nSPS) is 14.8. The lowest BCUT2D eigenvalue weighted by Gasteiger charge is -2.01. The highest BCUT2D eigenvalue weighted by Gasteiger charge is 2.26. The molecule has 8 nitrogen and oxygen atoms in total. The molecule has 9 heteroatoms. The topological polar surface area (TPSA) is 99.7 Å². The van der Waals surface area contributed by atoms with Crippen molar-refractivity contribution in [3.63, 3.8) is 0 Å². The highest BCUT2D eigenvalue weighted by Crippen LogP contribution is 2.26. The highest BCUT2D eigenvalue weighted by molar-refractivity contribution is 7.99. The number of pyridine rings is 1. The summed E-state index contributed by atoms with van der Waals surface area (Å²) >= 11 is 1.28. The summed E-state index contributed by atoms with van der Waals surface area (Å²) < 4.78 is 10.8. The molecule has 140 valence electrons. The van der Waals surface area contributed by atoms with Crippen LogP contribution in [0, 0.1) is 0 Å². The first-order valence-electron chi connectivity index (χ1n) is 8.24. The van der Waals surface area contributed by atoms with E-state index in [-0.39, 0.29) is 0 Å². The number of nitrogens with zero attached hydrogens (tertiary/aromatic N) is 4. The van der Waals surface area contributed by atoms with E-state index in [2.05, 4.69) is 20.3 Å². The number of hydrogen-bond acceptors (Lipinski definition) is 9. The molecule has 1 aromatic carbocycles.